The molecule has 1 aromatic rings. The first kappa shape index (κ1) is 8.42. The lowest BCUT2D eigenvalue weighted by atomic mass is 10.1. The molecule has 1 nitrogen and oxygen atoms in total. The Hall–Kier alpha value is -1.89. The summed E-state index contributed by atoms with van der Waals surface area (Å²) in [4.78, 5) is 4.32. The molecule has 0 atom stereocenters. The van der Waals surface area contributed by atoms with Gasteiger partial charge in [0.15, 0.2) is 0 Å². The van der Waals surface area contributed by atoms with Crippen LogP contribution in [0, 0.1) is 6.92 Å². The van der Waals surface area contributed by atoms with Crippen LogP contribution in [0.2, 0.25) is 0 Å². The van der Waals surface area contributed by atoms with Crippen molar-refractivity contribution in [1.82, 2.24) is 4.98 Å². The molecule has 0 radical (unpaired) electrons. The average molecular weight is 193 g/mol. The summed E-state index contributed by atoms with van der Waals surface area (Å²) in [5.74, 6) is 0. The lowest BCUT2D eigenvalue weighted by Crippen LogP contribution is -1.77. The third-order valence-corrected chi connectivity index (χ3v) is 2.85. The van der Waals surface area contributed by atoms with Gasteiger partial charge in [-0.2, -0.15) is 0 Å². The molecule has 0 spiro atoms. The largest absolute Gasteiger partial charge is 0.261 e. The first-order valence-electron chi connectivity index (χ1n) is 5.09. The molecule has 1 heterocycles. The van der Waals surface area contributed by atoms with Crippen LogP contribution in [0.3, 0.4) is 0 Å². The van der Waals surface area contributed by atoms with Gasteiger partial charge < -0.3 is 0 Å². The Bertz CT molecular complexity index is 598. The maximum absolute atomic E-state index is 4.32. The van der Waals surface area contributed by atoms with Gasteiger partial charge in [-0.1, -0.05) is 30.3 Å². The summed E-state index contributed by atoms with van der Waals surface area (Å²) in [5.41, 5.74) is 3.69. The van der Waals surface area contributed by atoms with E-state index in [1.165, 1.54) is 21.9 Å². The van der Waals surface area contributed by atoms with Gasteiger partial charge in [0.25, 0.3) is 0 Å². The lowest BCUT2D eigenvalue weighted by molar-refractivity contribution is 1.24. The van der Waals surface area contributed by atoms with Crippen molar-refractivity contribution in [1.29, 1.82) is 0 Å². The van der Waals surface area contributed by atoms with Gasteiger partial charge in [-0.25, -0.2) is 0 Å². The van der Waals surface area contributed by atoms with Crippen LogP contribution in [-0.2, 0) is 0 Å². The number of aromatic nitrogens is 1. The van der Waals surface area contributed by atoms with E-state index in [9.17, 15) is 0 Å². The fourth-order valence-electron chi connectivity index (χ4n) is 2.08. The van der Waals surface area contributed by atoms with E-state index in [1.807, 2.05) is 6.20 Å². The van der Waals surface area contributed by atoms with Gasteiger partial charge in [0.2, 0.25) is 0 Å². The summed E-state index contributed by atoms with van der Waals surface area (Å²) in [7, 11) is 0. The van der Waals surface area contributed by atoms with Crippen molar-refractivity contribution in [3.63, 3.8) is 0 Å². The Labute approximate surface area is 88.7 Å². The highest BCUT2D eigenvalue weighted by atomic mass is 14.7. The summed E-state index contributed by atoms with van der Waals surface area (Å²) in [5, 5.41) is 2.56. The molecule has 15 heavy (non-hydrogen) atoms. The van der Waals surface area contributed by atoms with Gasteiger partial charge in [0.05, 0.1) is 0 Å². The van der Waals surface area contributed by atoms with Gasteiger partial charge in [-0.05, 0) is 35.6 Å². The lowest BCUT2D eigenvalue weighted by Gasteiger charge is -1.95. The van der Waals surface area contributed by atoms with Crippen LogP contribution in [-0.4, -0.2) is 4.98 Å². The van der Waals surface area contributed by atoms with Gasteiger partial charge in [0.1, 0.15) is 0 Å². The molecule has 0 bridgehead atoms. The van der Waals surface area contributed by atoms with Crippen molar-refractivity contribution in [2.24, 2.45) is 0 Å². The van der Waals surface area contributed by atoms with Crippen LogP contribution in [0.1, 0.15) is 5.69 Å². The number of pyridine rings is 1. The Morgan fingerprint density at radius 3 is 2.73 bits per heavy atom. The third kappa shape index (κ3) is 1.20. The van der Waals surface area contributed by atoms with E-state index in [2.05, 4.69) is 54.4 Å². The average Bonchev–Trinajstić information content (AvgIpc) is 2.45. The number of hydrogen-bond acceptors (Lipinski definition) is 1. The fraction of sp³-hybridized carbons (Fsp3) is 0.0714. The molecule has 2 aliphatic carbocycles. The first-order valence-corrected chi connectivity index (χ1v) is 5.09. The minimum atomic E-state index is 1.10. The molecule has 72 valence electrons. The molecule has 0 unspecified atom stereocenters. The summed E-state index contributed by atoms with van der Waals surface area (Å²) in [6.45, 7) is 2.06. The molecule has 3 rings (SSSR count). The highest BCUT2D eigenvalue weighted by molar-refractivity contribution is 6.02. The molecule has 0 amide bonds. The second-order valence-electron chi connectivity index (χ2n) is 3.78. The SMILES string of the molecule is Cc1nccc2c3cccccc-3cc12. The topological polar surface area (TPSA) is 12.9 Å². The summed E-state index contributed by atoms with van der Waals surface area (Å²) < 4.78 is 0. The molecule has 2 aliphatic rings. The van der Waals surface area contributed by atoms with E-state index in [0.717, 1.165) is 5.69 Å². The highest BCUT2D eigenvalue weighted by Crippen LogP contribution is 2.33. The van der Waals surface area contributed by atoms with Crippen LogP contribution < -0.4 is 0 Å². The summed E-state index contributed by atoms with van der Waals surface area (Å²) in [6.07, 6.45) is 1.88. The summed E-state index contributed by atoms with van der Waals surface area (Å²) >= 11 is 0. The Kier molecular flexibility index (Phi) is 1.72. The molecule has 0 saturated carbocycles. The van der Waals surface area contributed by atoms with Crippen LogP contribution >= 0.6 is 0 Å². The molecular weight excluding hydrogens is 182 g/mol. The van der Waals surface area contributed by atoms with Gasteiger partial charge in [0, 0.05) is 17.3 Å². The van der Waals surface area contributed by atoms with Crippen molar-refractivity contribution in [3.05, 3.63) is 54.4 Å². The van der Waals surface area contributed by atoms with Crippen molar-refractivity contribution in [2.45, 2.75) is 6.92 Å². The predicted octanol–water partition coefficient (Wildman–Crippen LogP) is 3.65. The Morgan fingerprint density at radius 2 is 1.80 bits per heavy atom. The van der Waals surface area contributed by atoms with E-state index < -0.39 is 0 Å². The van der Waals surface area contributed by atoms with E-state index in [-0.39, 0.29) is 0 Å². The summed E-state index contributed by atoms with van der Waals surface area (Å²) in [6, 6.07) is 14.8. The maximum atomic E-state index is 4.32. The smallest absolute Gasteiger partial charge is 0.0451 e. The number of rotatable bonds is 0. The first-order chi connectivity index (χ1) is 7.36. The van der Waals surface area contributed by atoms with E-state index in [1.54, 1.807) is 0 Å². The second kappa shape index (κ2) is 3.06. The fourth-order valence-corrected chi connectivity index (χ4v) is 2.08. The molecule has 1 aromatic heterocycles. The van der Waals surface area contributed by atoms with Crippen molar-refractivity contribution < 1.29 is 0 Å². The van der Waals surface area contributed by atoms with Gasteiger partial charge in [-0.3, -0.25) is 4.98 Å². The molecule has 1 heteroatoms. The standard InChI is InChI=1S/C14H11N/c1-10-14-9-11-5-3-2-4-6-12(11)13(14)7-8-15-10/h2-9H,1H3. The van der Waals surface area contributed by atoms with Crippen LogP contribution in [0.15, 0.2) is 48.7 Å². The Morgan fingerprint density at radius 1 is 0.933 bits per heavy atom. The van der Waals surface area contributed by atoms with E-state index in [4.69, 9.17) is 0 Å². The van der Waals surface area contributed by atoms with Crippen LogP contribution in [0.25, 0.3) is 21.9 Å². The molecule has 0 aliphatic heterocycles. The van der Waals surface area contributed by atoms with E-state index >= 15 is 0 Å². The predicted molar refractivity (Wildman–Crippen MR) is 63.1 cm³/mol. The van der Waals surface area contributed by atoms with Crippen molar-refractivity contribution in [2.75, 3.05) is 0 Å². The zero-order chi connectivity index (χ0) is 10.3. The molecule has 0 N–H and O–H groups in total. The maximum Gasteiger partial charge on any atom is 0.0451 e. The van der Waals surface area contributed by atoms with Gasteiger partial charge in [-0.15, -0.1) is 0 Å². The quantitative estimate of drug-likeness (QED) is 0.531. The highest BCUT2D eigenvalue weighted by Gasteiger charge is 2.09. The van der Waals surface area contributed by atoms with Gasteiger partial charge >= 0.3 is 0 Å². The molecule has 0 fully saturated rings. The normalized spacial score (nSPS) is 11.0. The number of aryl methyl sites for hydroxylation is 1. The Balaban J connectivity index is 2.53. The van der Waals surface area contributed by atoms with Crippen LogP contribution in [0.5, 0.6) is 0 Å². The number of fused-ring (bicyclic) bond motifs is 3. The minimum Gasteiger partial charge on any atom is -0.261 e. The van der Waals surface area contributed by atoms with Crippen molar-refractivity contribution >= 4 is 10.8 Å². The monoisotopic (exact) mass is 193 g/mol. The van der Waals surface area contributed by atoms with E-state index in [0.29, 0.717) is 0 Å². The van der Waals surface area contributed by atoms with Crippen molar-refractivity contribution in [3.8, 4) is 11.1 Å². The number of nitrogens with zero attached hydrogens (tertiary/aromatic N) is 1. The molecular formula is C14H11N. The number of hydrogen-bond donors (Lipinski definition) is 0. The molecule has 0 aromatic carbocycles. The zero-order valence-electron chi connectivity index (χ0n) is 8.57. The third-order valence-electron chi connectivity index (χ3n) is 2.85. The van der Waals surface area contributed by atoms with Crippen LogP contribution in [0.4, 0.5) is 0 Å². The molecule has 0 saturated heterocycles. The zero-order valence-corrected chi connectivity index (χ0v) is 8.57. The minimum absolute atomic E-state index is 1.10. The second-order valence-corrected chi connectivity index (χ2v) is 3.78.